The molecule has 0 N–H and O–H groups in total. The van der Waals surface area contributed by atoms with Gasteiger partial charge >= 0.3 is 0 Å². The molecule has 28 heavy (non-hydrogen) atoms. The number of carbonyl (C=O) groups excluding carboxylic acids is 1. The molecule has 0 spiro atoms. The summed E-state index contributed by atoms with van der Waals surface area (Å²) in [6, 6.07) is 18.4. The summed E-state index contributed by atoms with van der Waals surface area (Å²) in [5, 5.41) is 4.87. The van der Waals surface area contributed by atoms with Gasteiger partial charge in [0.15, 0.2) is 0 Å². The highest BCUT2D eigenvalue weighted by atomic mass is 32.2. The molecule has 2 aromatic carbocycles. The van der Waals surface area contributed by atoms with Crippen LogP contribution in [0.1, 0.15) is 27.7 Å². The van der Waals surface area contributed by atoms with E-state index in [4.69, 9.17) is 0 Å². The molecule has 1 aliphatic rings. The minimum absolute atomic E-state index is 0.00215. The first kappa shape index (κ1) is 18.7. The highest BCUT2D eigenvalue weighted by Gasteiger charge is 2.25. The standard InChI is InChI=1S/C22H22FN3OS/c1-25-20(15-19(24-25)16-7-9-18(23)10-8-16)22(27)26-12-11-21(28-14-13-26)17-5-3-2-4-6-17/h2-10,15,21H,11-14H2,1H3. The minimum atomic E-state index is -0.286. The summed E-state index contributed by atoms with van der Waals surface area (Å²) < 4.78 is 14.8. The summed E-state index contributed by atoms with van der Waals surface area (Å²) in [4.78, 5) is 15.0. The fourth-order valence-electron chi connectivity index (χ4n) is 3.50. The number of rotatable bonds is 3. The van der Waals surface area contributed by atoms with Crippen molar-refractivity contribution in [2.45, 2.75) is 11.7 Å². The number of carbonyl (C=O) groups is 1. The topological polar surface area (TPSA) is 38.1 Å². The molecule has 4 rings (SSSR count). The Morgan fingerprint density at radius 1 is 1.11 bits per heavy atom. The molecule has 0 aliphatic carbocycles. The van der Waals surface area contributed by atoms with E-state index >= 15 is 0 Å². The summed E-state index contributed by atoms with van der Waals surface area (Å²) in [5.74, 6) is 0.622. The third-order valence-electron chi connectivity index (χ3n) is 5.04. The largest absolute Gasteiger partial charge is 0.336 e. The van der Waals surface area contributed by atoms with Crippen LogP contribution in [0.2, 0.25) is 0 Å². The number of hydrogen-bond donors (Lipinski definition) is 0. The molecule has 144 valence electrons. The summed E-state index contributed by atoms with van der Waals surface area (Å²) in [6.07, 6.45) is 0.934. The second-order valence-corrected chi connectivity index (χ2v) is 8.21. The van der Waals surface area contributed by atoms with Crippen molar-refractivity contribution in [2.75, 3.05) is 18.8 Å². The van der Waals surface area contributed by atoms with E-state index < -0.39 is 0 Å². The lowest BCUT2D eigenvalue weighted by atomic mass is 10.1. The van der Waals surface area contributed by atoms with E-state index in [1.165, 1.54) is 17.7 Å². The molecule has 1 unspecified atom stereocenters. The predicted molar refractivity (Wildman–Crippen MR) is 111 cm³/mol. The lowest BCUT2D eigenvalue weighted by Crippen LogP contribution is -2.34. The predicted octanol–water partition coefficient (Wildman–Crippen LogP) is 4.55. The molecule has 1 fully saturated rings. The van der Waals surface area contributed by atoms with Crippen molar-refractivity contribution >= 4 is 17.7 Å². The van der Waals surface area contributed by atoms with Crippen LogP contribution in [0.3, 0.4) is 0 Å². The average Bonchev–Trinajstić information content (AvgIpc) is 2.95. The summed E-state index contributed by atoms with van der Waals surface area (Å²) in [6.45, 7) is 1.45. The van der Waals surface area contributed by atoms with E-state index in [1.807, 2.05) is 22.7 Å². The maximum atomic E-state index is 13.2. The molecular weight excluding hydrogens is 373 g/mol. The second kappa shape index (κ2) is 8.19. The van der Waals surface area contributed by atoms with Crippen LogP contribution in [0, 0.1) is 5.82 Å². The molecule has 1 atom stereocenters. The van der Waals surface area contributed by atoms with Gasteiger partial charge in [0, 0.05) is 36.7 Å². The van der Waals surface area contributed by atoms with Gasteiger partial charge in [0.2, 0.25) is 0 Å². The van der Waals surface area contributed by atoms with Crippen molar-refractivity contribution in [1.82, 2.24) is 14.7 Å². The Kier molecular flexibility index (Phi) is 5.48. The van der Waals surface area contributed by atoms with Crippen LogP contribution < -0.4 is 0 Å². The van der Waals surface area contributed by atoms with E-state index in [1.54, 1.807) is 29.9 Å². The number of amides is 1. The number of nitrogens with zero attached hydrogens (tertiary/aromatic N) is 3. The highest BCUT2D eigenvalue weighted by molar-refractivity contribution is 7.99. The number of aryl methyl sites for hydroxylation is 1. The summed E-state index contributed by atoms with van der Waals surface area (Å²) >= 11 is 1.91. The number of halogens is 1. The van der Waals surface area contributed by atoms with Crippen LogP contribution in [0.5, 0.6) is 0 Å². The molecule has 1 aliphatic heterocycles. The van der Waals surface area contributed by atoms with E-state index in [0.29, 0.717) is 16.6 Å². The molecule has 3 aromatic rings. The Bertz CT molecular complexity index is 956. The van der Waals surface area contributed by atoms with Gasteiger partial charge in [-0.3, -0.25) is 9.48 Å². The Balaban J connectivity index is 1.49. The third-order valence-corrected chi connectivity index (χ3v) is 6.37. The van der Waals surface area contributed by atoms with Crippen molar-refractivity contribution in [3.63, 3.8) is 0 Å². The number of benzene rings is 2. The molecule has 2 heterocycles. The van der Waals surface area contributed by atoms with Gasteiger partial charge < -0.3 is 4.90 Å². The average molecular weight is 396 g/mol. The van der Waals surface area contributed by atoms with Gasteiger partial charge in [0.1, 0.15) is 11.5 Å². The van der Waals surface area contributed by atoms with E-state index in [0.717, 1.165) is 30.8 Å². The first-order valence-electron chi connectivity index (χ1n) is 9.37. The zero-order chi connectivity index (χ0) is 19.5. The van der Waals surface area contributed by atoms with Gasteiger partial charge in [-0.25, -0.2) is 4.39 Å². The smallest absolute Gasteiger partial charge is 0.272 e. The van der Waals surface area contributed by atoms with Crippen LogP contribution in [0.15, 0.2) is 60.7 Å². The van der Waals surface area contributed by atoms with Crippen molar-refractivity contribution < 1.29 is 9.18 Å². The quantitative estimate of drug-likeness (QED) is 0.653. The van der Waals surface area contributed by atoms with Crippen LogP contribution in [0.4, 0.5) is 4.39 Å². The van der Waals surface area contributed by atoms with Gasteiger partial charge in [-0.15, -0.1) is 0 Å². The molecule has 1 aromatic heterocycles. The monoisotopic (exact) mass is 395 g/mol. The van der Waals surface area contributed by atoms with Crippen molar-refractivity contribution in [3.05, 3.63) is 77.7 Å². The minimum Gasteiger partial charge on any atom is -0.336 e. The Morgan fingerprint density at radius 3 is 2.61 bits per heavy atom. The third kappa shape index (κ3) is 3.97. The van der Waals surface area contributed by atoms with Gasteiger partial charge in [0.05, 0.1) is 5.69 Å². The lowest BCUT2D eigenvalue weighted by Gasteiger charge is -2.20. The SMILES string of the molecule is Cn1nc(-c2ccc(F)cc2)cc1C(=O)N1CCSC(c2ccccc2)CC1. The fraction of sp³-hybridized carbons (Fsp3) is 0.273. The first-order chi connectivity index (χ1) is 13.6. The zero-order valence-electron chi connectivity index (χ0n) is 15.7. The molecule has 0 saturated carbocycles. The first-order valence-corrected chi connectivity index (χ1v) is 10.4. The number of thioether (sulfide) groups is 1. The van der Waals surface area contributed by atoms with Crippen LogP contribution >= 0.6 is 11.8 Å². The Morgan fingerprint density at radius 2 is 1.86 bits per heavy atom. The zero-order valence-corrected chi connectivity index (χ0v) is 16.5. The van der Waals surface area contributed by atoms with Gasteiger partial charge in [-0.05, 0) is 42.3 Å². The van der Waals surface area contributed by atoms with Crippen LogP contribution in [0.25, 0.3) is 11.3 Å². The van der Waals surface area contributed by atoms with E-state index in [2.05, 4.69) is 29.4 Å². The normalized spacial score (nSPS) is 17.4. The lowest BCUT2D eigenvalue weighted by molar-refractivity contribution is 0.0755. The van der Waals surface area contributed by atoms with Crippen LogP contribution in [-0.4, -0.2) is 39.4 Å². The van der Waals surface area contributed by atoms with Crippen molar-refractivity contribution in [3.8, 4) is 11.3 Å². The second-order valence-electron chi connectivity index (χ2n) is 6.90. The molecule has 4 nitrogen and oxygen atoms in total. The molecule has 1 amide bonds. The Hall–Kier alpha value is -2.60. The molecule has 0 bridgehead atoms. The maximum absolute atomic E-state index is 13.2. The van der Waals surface area contributed by atoms with Gasteiger partial charge in [-0.1, -0.05) is 30.3 Å². The molecule has 1 saturated heterocycles. The molecule has 0 radical (unpaired) electrons. The van der Waals surface area contributed by atoms with Gasteiger partial charge in [-0.2, -0.15) is 16.9 Å². The van der Waals surface area contributed by atoms with E-state index in [9.17, 15) is 9.18 Å². The molecular formula is C22H22FN3OS. The van der Waals surface area contributed by atoms with Crippen LogP contribution in [-0.2, 0) is 7.05 Å². The number of hydrogen-bond acceptors (Lipinski definition) is 3. The Labute approximate surface area is 168 Å². The highest BCUT2D eigenvalue weighted by Crippen LogP contribution is 2.34. The summed E-state index contributed by atoms with van der Waals surface area (Å²) in [7, 11) is 1.78. The fourth-order valence-corrected chi connectivity index (χ4v) is 4.73. The number of aromatic nitrogens is 2. The van der Waals surface area contributed by atoms with Crippen molar-refractivity contribution in [1.29, 1.82) is 0 Å². The molecule has 6 heteroatoms. The van der Waals surface area contributed by atoms with E-state index in [-0.39, 0.29) is 11.7 Å². The summed E-state index contributed by atoms with van der Waals surface area (Å²) in [5.41, 5.74) is 3.35. The van der Waals surface area contributed by atoms with Crippen molar-refractivity contribution in [2.24, 2.45) is 7.05 Å². The maximum Gasteiger partial charge on any atom is 0.272 e. The van der Waals surface area contributed by atoms with Gasteiger partial charge in [0.25, 0.3) is 5.91 Å².